The predicted octanol–water partition coefficient (Wildman–Crippen LogP) is 8.62. The fraction of sp³-hybridized carbons (Fsp3) is 0.324. The van der Waals surface area contributed by atoms with Crippen LogP contribution in [0.1, 0.15) is 36.8 Å². The summed E-state index contributed by atoms with van der Waals surface area (Å²) in [6.07, 6.45) is 1.45. The number of carbonyl (C=O) groups is 3. The van der Waals surface area contributed by atoms with Crippen LogP contribution in [0.2, 0.25) is 10.0 Å². The smallest absolute Gasteiger partial charge is 0.357 e. The topological polar surface area (TPSA) is 286 Å². The number of fused-ring (bicyclic) bond motifs is 3. The second kappa shape index (κ2) is 30.3. The summed E-state index contributed by atoms with van der Waals surface area (Å²) in [6, 6.07) is 33.3. The number of likely N-dealkylation sites (N-methyl/N-ethyl adjacent to an activating group) is 2. The summed E-state index contributed by atoms with van der Waals surface area (Å²) in [7, 11) is 9.06. The molecule has 0 bridgehead atoms. The maximum atomic E-state index is 13.3. The molecule has 0 atom stereocenters. The van der Waals surface area contributed by atoms with E-state index in [4.69, 9.17) is 27.6 Å². The third-order valence-corrected chi connectivity index (χ3v) is 18.2. The average molecular weight is 1380 g/mol. The Balaban J connectivity index is 0.000000160. The molecule has 0 spiro atoms. The normalized spacial score (nSPS) is 14.2. The monoisotopic (exact) mass is 1380 g/mol. The van der Waals surface area contributed by atoms with Gasteiger partial charge in [0.1, 0.15) is 22.9 Å². The highest BCUT2D eigenvalue weighted by molar-refractivity contribution is 6.42. The quantitative estimate of drug-likeness (QED) is 0.0685. The first kappa shape index (κ1) is 70.3. The molecule has 4 aromatic heterocycles. The van der Waals surface area contributed by atoms with E-state index < -0.39 is 54.3 Å². The molecule has 7 heterocycles. The lowest BCUT2D eigenvalue weighted by atomic mass is 10.1. The number of nitro groups is 3. The van der Waals surface area contributed by atoms with Crippen LogP contribution in [0.3, 0.4) is 0 Å². The summed E-state index contributed by atoms with van der Waals surface area (Å²) in [6.45, 7) is 7.88. The van der Waals surface area contributed by atoms with Gasteiger partial charge >= 0.3 is 33.7 Å². The van der Waals surface area contributed by atoms with E-state index in [0.29, 0.717) is 176 Å². The van der Waals surface area contributed by atoms with Crippen molar-refractivity contribution in [2.24, 2.45) is 7.05 Å². The van der Waals surface area contributed by atoms with Crippen LogP contribution in [-0.4, -0.2) is 191 Å². The van der Waals surface area contributed by atoms with Crippen LogP contribution >= 0.6 is 23.2 Å². The molecule has 3 aliphatic rings. The van der Waals surface area contributed by atoms with Crippen LogP contribution in [0.4, 0.5) is 38.5 Å². The molecule has 9 aromatic rings. The van der Waals surface area contributed by atoms with Crippen LogP contribution in [0, 0.1) is 43.1 Å². The van der Waals surface area contributed by atoms with Crippen molar-refractivity contribution in [2.45, 2.75) is 20.0 Å². The zero-order chi connectivity index (χ0) is 70.4. The van der Waals surface area contributed by atoms with Gasteiger partial charge in [-0.1, -0.05) is 71.2 Å². The minimum atomic E-state index is -0.643. The van der Waals surface area contributed by atoms with E-state index in [2.05, 4.69) is 0 Å². The number of halogens is 3. The van der Waals surface area contributed by atoms with Crippen molar-refractivity contribution >= 4 is 108 Å². The molecule has 3 amide bonds. The summed E-state index contributed by atoms with van der Waals surface area (Å²) in [5, 5.41) is 38.5. The van der Waals surface area contributed by atoms with Gasteiger partial charge in [0, 0.05) is 139 Å². The Morgan fingerprint density at radius 1 is 0.490 bits per heavy atom. The van der Waals surface area contributed by atoms with Gasteiger partial charge in [0.05, 0.1) is 47.6 Å². The number of nitrogens with zero attached hydrogens (tertiary/aromatic N) is 14. The molecule has 12 rings (SSSR count). The van der Waals surface area contributed by atoms with Gasteiger partial charge in [-0.2, -0.15) is 0 Å². The highest BCUT2D eigenvalue weighted by Crippen LogP contribution is 2.38. The van der Waals surface area contributed by atoms with E-state index in [1.54, 1.807) is 75.4 Å². The molecule has 0 radical (unpaired) electrons. The van der Waals surface area contributed by atoms with Crippen LogP contribution in [0.15, 0.2) is 146 Å². The lowest BCUT2D eigenvalue weighted by molar-refractivity contribution is -0.385. The number of furan rings is 1. The fourth-order valence-corrected chi connectivity index (χ4v) is 12.7. The molecule has 0 N–H and O–H groups in total. The van der Waals surface area contributed by atoms with Crippen molar-refractivity contribution < 1.29 is 38.0 Å². The predicted molar refractivity (Wildman–Crippen MR) is 373 cm³/mol. The summed E-state index contributed by atoms with van der Waals surface area (Å²) in [5.41, 5.74) is 1.37. The van der Waals surface area contributed by atoms with E-state index in [1.165, 1.54) is 57.3 Å². The fourth-order valence-electron chi connectivity index (χ4n) is 12.4. The number of hydrogen-bond acceptors (Lipinski definition) is 18. The van der Waals surface area contributed by atoms with Gasteiger partial charge in [-0.3, -0.25) is 59.1 Å². The van der Waals surface area contributed by atoms with Crippen molar-refractivity contribution in [3.63, 3.8) is 0 Å². The molecule has 5 aromatic carbocycles. The third kappa shape index (κ3) is 14.9. The highest BCUT2D eigenvalue weighted by Gasteiger charge is 2.36. The summed E-state index contributed by atoms with van der Waals surface area (Å²) < 4.78 is 22.6. The zero-order valence-electron chi connectivity index (χ0n) is 54.6. The SMILES string of the molecule is CN(C)CCn1c(=O)c([N+](=O)[O-])c(N2CCN(C(=O)c3ccc(Cl)c(Cl)c3)CC2)c2ccccc21.CN(C)CCn1c(=O)c([N+](=O)[O-])c(N2CCN(C(=O)c3ccc(F)cc3)CC2)c2ccccc21.Cc1ccc2c(c1)c(N1CCN(C(=O)c3ccco3)CC1)c([N+](=O)[O-])c(=O)n2C. The molecular weight excluding hydrogens is 1310 g/mol. The van der Waals surface area contributed by atoms with E-state index in [-0.39, 0.29) is 23.5 Å². The first-order valence-corrected chi connectivity index (χ1v) is 32.1. The number of amides is 3. The number of aromatic nitrogens is 3. The van der Waals surface area contributed by atoms with Crippen LogP contribution in [-0.2, 0) is 20.1 Å². The van der Waals surface area contributed by atoms with E-state index in [1.807, 2.05) is 89.9 Å². The molecule has 27 nitrogen and oxygen atoms in total. The summed E-state index contributed by atoms with van der Waals surface area (Å²) in [5.74, 6) is -0.784. The molecular formula is C68H71Cl2FN14O13. The van der Waals surface area contributed by atoms with Gasteiger partial charge in [-0.25, -0.2) is 4.39 Å². The van der Waals surface area contributed by atoms with Crippen LogP contribution < -0.4 is 31.4 Å². The number of carbonyl (C=O) groups excluding carboxylic acids is 3. The van der Waals surface area contributed by atoms with Gasteiger partial charge < -0.3 is 57.3 Å². The first-order chi connectivity index (χ1) is 46.8. The number of piperazine rings is 3. The molecule has 3 aliphatic heterocycles. The Kier molecular flexibility index (Phi) is 21.7. The summed E-state index contributed by atoms with van der Waals surface area (Å²) >= 11 is 12.0. The molecule has 0 unspecified atom stereocenters. The number of benzene rings is 5. The van der Waals surface area contributed by atoms with Crippen molar-refractivity contribution in [3.8, 4) is 0 Å². The molecule has 512 valence electrons. The molecule has 0 aliphatic carbocycles. The number of anilines is 3. The Hall–Kier alpha value is -10.5. The second-order valence-electron chi connectivity index (χ2n) is 24.3. The Morgan fingerprint density at radius 2 is 0.908 bits per heavy atom. The standard InChI is InChI=1S/C24H25Cl2N5O4.C24H26FN5O4.C20H20N4O5/c1-27(2)9-14-30-20-6-4-3-5-17(20)21(22(24(30)33)31(34)35)28-10-12-29(13-11-28)23(32)16-7-8-18(25)19(26)15-16;1-26(2)11-16-29-20-6-4-3-5-19(20)21(22(24(29)32)30(33)34)27-12-14-28(15-13-27)23(31)17-7-9-18(25)10-8-17;1-13-5-6-15-14(12-13)17(18(24(27)28)20(26)21(15)2)22-7-9-23(10-8-22)19(25)16-4-3-11-29-16/h3-8,15H,9-14H2,1-2H3;3-10H,11-16H2,1-2H3;3-6,11-12H,7-10H2,1-2H3. The van der Waals surface area contributed by atoms with Gasteiger partial charge in [-0.05, 0) is 114 Å². The maximum absolute atomic E-state index is 13.3. The van der Waals surface area contributed by atoms with Gasteiger partial charge in [0.25, 0.3) is 17.7 Å². The van der Waals surface area contributed by atoms with E-state index >= 15 is 0 Å². The lowest BCUT2D eigenvalue weighted by Gasteiger charge is -2.36. The van der Waals surface area contributed by atoms with Crippen molar-refractivity contribution in [3.05, 3.63) is 227 Å². The third-order valence-electron chi connectivity index (χ3n) is 17.5. The van der Waals surface area contributed by atoms with Crippen LogP contribution in [0.25, 0.3) is 32.7 Å². The minimum absolute atomic E-state index is 0.193. The van der Waals surface area contributed by atoms with Crippen molar-refractivity contribution in [2.75, 3.05) is 135 Å². The zero-order valence-corrected chi connectivity index (χ0v) is 56.2. The Labute approximate surface area is 570 Å². The molecule has 98 heavy (non-hydrogen) atoms. The van der Waals surface area contributed by atoms with Crippen molar-refractivity contribution in [1.29, 1.82) is 0 Å². The first-order valence-electron chi connectivity index (χ1n) is 31.4. The number of hydrogen-bond donors (Lipinski definition) is 0. The average Bonchev–Trinajstić information content (AvgIpc) is 0.807. The Bertz CT molecular complexity index is 4730. The Morgan fingerprint density at radius 3 is 1.34 bits per heavy atom. The van der Waals surface area contributed by atoms with Gasteiger partial charge in [0.2, 0.25) is 0 Å². The lowest BCUT2D eigenvalue weighted by Crippen LogP contribution is -2.49. The number of pyridine rings is 3. The van der Waals surface area contributed by atoms with Gasteiger partial charge in [0.15, 0.2) is 5.76 Å². The second-order valence-corrected chi connectivity index (χ2v) is 25.1. The number of aryl methyl sites for hydroxylation is 2. The van der Waals surface area contributed by atoms with E-state index in [9.17, 15) is 63.5 Å². The molecule has 3 fully saturated rings. The number of rotatable bonds is 15. The minimum Gasteiger partial charge on any atom is -0.459 e. The van der Waals surface area contributed by atoms with E-state index in [0.717, 1.165) is 5.56 Å². The highest BCUT2D eigenvalue weighted by atomic mass is 35.5. The molecule has 3 saturated heterocycles. The summed E-state index contributed by atoms with van der Waals surface area (Å²) in [4.78, 5) is 126. The van der Waals surface area contributed by atoms with Gasteiger partial charge in [-0.15, -0.1) is 0 Å². The van der Waals surface area contributed by atoms with Crippen molar-refractivity contribution in [1.82, 2.24) is 38.2 Å². The largest absolute Gasteiger partial charge is 0.459 e. The number of para-hydroxylation sites is 2. The van der Waals surface area contributed by atoms with Crippen LogP contribution in [0.5, 0.6) is 0 Å². The molecule has 0 saturated carbocycles. The molecule has 30 heteroatoms. The maximum Gasteiger partial charge on any atom is 0.357 e.